The molecule has 1 N–H and O–H groups in total. The molecule has 152 valence electrons. The largest absolute Gasteiger partial charge is 0.324 e. The second kappa shape index (κ2) is 8.56. The molecule has 1 atom stereocenters. The lowest BCUT2D eigenvalue weighted by atomic mass is 10.1. The van der Waals surface area contributed by atoms with Crippen LogP contribution in [0.3, 0.4) is 0 Å². The average Bonchev–Trinajstić information content (AvgIpc) is 2.90. The smallest absolute Gasteiger partial charge is 0.262 e. The number of hydrogen-bond donors (Lipinski definition) is 1. The summed E-state index contributed by atoms with van der Waals surface area (Å²) in [7, 11) is 0. The second-order valence-electron chi connectivity index (χ2n) is 7.26. The van der Waals surface area contributed by atoms with Crippen molar-refractivity contribution in [1.29, 1.82) is 0 Å². The molecule has 29 heavy (non-hydrogen) atoms. The van der Waals surface area contributed by atoms with Crippen molar-refractivity contribution in [2.45, 2.75) is 46.1 Å². The number of unbranched alkanes of at least 4 members (excludes halogenated alkanes) is 1. The van der Waals surface area contributed by atoms with Crippen molar-refractivity contribution >= 4 is 46.6 Å². The van der Waals surface area contributed by atoms with Crippen LogP contribution in [0.25, 0.3) is 0 Å². The number of fused-ring (bicyclic) bond motifs is 1. The standard InChI is InChI=1S/C22H22Cl2N2O3/c1-4-5-6-19(20(27)25-18-9-12(2)7-8-13(18)3)26-21(28)14-10-16(23)17(24)11-15(14)22(26)29/h7-11,19H,4-6H2,1-3H3,(H,25,27)/t19-/m0/s1. The van der Waals surface area contributed by atoms with Gasteiger partial charge in [0, 0.05) is 5.69 Å². The van der Waals surface area contributed by atoms with Gasteiger partial charge in [0.2, 0.25) is 5.91 Å². The molecule has 1 heterocycles. The summed E-state index contributed by atoms with van der Waals surface area (Å²) in [5, 5.41) is 3.28. The molecule has 3 amide bonds. The number of amides is 3. The molecule has 0 aliphatic carbocycles. The van der Waals surface area contributed by atoms with Gasteiger partial charge < -0.3 is 5.32 Å². The molecule has 1 aliphatic heterocycles. The predicted octanol–water partition coefficient (Wildman–Crippen LogP) is 5.40. The zero-order chi connectivity index (χ0) is 21.3. The van der Waals surface area contributed by atoms with E-state index in [9.17, 15) is 14.4 Å². The Labute approximate surface area is 180 Å². The first-order valence-electron chi connectivity index (χ1n) is 9.49. The maximum absolute atomic E-state index is 13.1. The van der Waals surface area contributed by atoms with Crippen LogP contribution in [0.4, 0.5) is 5.69 Å². The Morgan fingerprint density at radius 3 is 2.17 bits per heavy atom. The van der Waals surface area contributed by atoms with Gasteiger partial charge in [-0.2, -0.15) is 0 Å². The minimum absolute atomic E-state index is 0.172. The van der Waals surface area contributed by atoms with E-state index in [0.717, 1.165) is 22.4 Å². The van der Waals surface area contributed by atoms with Crippen molar-refractivity contribution in [2.75, 3.05) is 5.32 Å². The van der Waals surface area contributed by atoms with Crippen molar-refractivity contribution in [2.24, 2.45) is 0 Å². The summed E-state index contributed by atoms with van der Waals surface area (Å²) >= 11 is 12.1. The number of benzene rings is 2. The van der Waals surface area contributed by atoms with Gasteiger partial charge in [-0.25, -0.2) is 0 Å². The molecule has 5 nitrogen and oxygen atoms in total. The van der Waals surface area contributed by atoms with Crippen LogP contribution in [0.15, 0.2) is 30.3 Å². The SMILES string of the molecule is CCCC[C@@H](C(=O)Nc1cc(C)ccc1C)N1C(=O)c2cc(Cl)c(Cl)cc2C1=O. The van der Waals surface area contributed by atoms with Crippen LogP contribution in [0, 0.1) is 13.8 Å². The Kier molecular flexibility index (Phi) is 6.30. The number of aryl methyl sites for hydroxylation is 2. The molecule has 0 saturated carbocycles. The van der Waals surface area contributed by atoms with Crippen molar-refractivity contribution in [1.82, 2.24) is 4.90 Å². The number of rotatable bonds is 6. The molecule has 2 aromatic rings. The number of imide groups is 1. The highest BCUT2D eigenvalue weighted by molar-refractivity contribution is 6.43. The molecule has 0 saturated heterocycles. The van der Waals surface area contributed by atoms with E-state index >= 15 is 0 Å². The summed E-state index contributed by atoms with van der Waals surface area (Å²) in [4.78, 5) is 40.1. The number of nitrogens with zero attached hydrogens (tertiary/aromatic N) is 1. The maximum Gasteiger partial charge on any atom is 0.262 e. The normalized spacial score (nSPS) is 14.2. The van der Waals surface area contributed by atoms with Crippen LogP contribution in [0.1, 0.15) is 58.0 Å². The molecular weight excluding hydrogens is 411 g/mol. The Morgan fingerprint density at radius 1 is 1.03 bits per heavy atom. The van der Waals surface area contributed by atoms with Crippen LogP contribution >= 0.6 is 23.2 Å². The quantitative estimate of drug-likeness (QED) is 0.620. The summed E-state index contributed by atoms with van der Waals surface area (Å²) in [6, 6.07) is 7.60. The zero-order valence-electron chi connectivity index (χ0n) is 16.5. The van der Waals surface area contributed by atoms with Crippen LogP contribution in [-0.2, 0) is 4.79 Å². The van der Waals surface area contributed by atoms with Crippen molar-refractivity contribution in [3.63, 3.8) is 0 Å². The molecule has 2 aromatic carbocycles. The van der Waals surface area contributed by atoms with Gasteiger partial charge in [-0.1, -0.05) is 55.1 Å². The topological polar surface area (TPSA) is 66.5 Å². The van der Waals surface area contributed by atoms with E-state index in [4.69, 9.17) is 23.2 Å². The highest BCUT2D eigenvalue weighted by Gasteiger charge is 2.43. The minimum atomic E-state index is -0.917. The fourth-order valence-corrected chi connectivity index (χ4v) is 3.72. The van der Waals surface area contributed by atoms with Gasteiger partial charge >= 0.3 is 0 Å². The summed E-state index contributed by atoms with van der Waals surface area (Å²) in [5.74, 6) is -1.44. The molecule has 1 aliphatic rings. The monoisotopic (exact) mass is 432 g/mol. The van der Waals surface area contributed by atoms with Crippen LogP contribution in [0.5, 0.6) is 0 Å². The number of anilines is 1. The third-order valence-corrected chi connectivity index (χ3v) is 5.78. The minimum Gasteiger partial charge on any atom is -0.324 e. The molecule has 0 aromatic heterocycles. The first-order valence-corrected chi connectivity index (χ1v) is 10.2. The van der Waals surface area contributed by atoms with Gasteiger partial charge in [0.25, 0.3) is 11.8 Å². The van der Waals surface area contributed by atoms with E-state index in [1.807, 2.05) is 39.0 Å². The summed E-state index contributed by atoms with van der Waals surface area (Å²) in [6.07, 6.45) is 1.90. The zero-order valence-corrected chi connectivity index (χ0v) is 18.0. The number of hydrogen-bond acceptors (Lipinski definition) is 3. The van der Waals surface area contributed by atoms with E-state index in [-0.39, 0.29) is 27.1 Å². The van der Waals surface area contributed by atoms with Crippen LogP contribution in [0.2, 0.25) is 10.0 Å². The number of nitrogens with one attached hydrogen (secondary N) is 1. The highest BCUT2D eigenvalue weighted by Crippen LogP contribution is 2.33. The summed E-state index contributed by atoms with van der Waals surface area (Å²) < 4.78 is 0. The maximum atomic E-state index is 13.1. The van der Waals surface area contributed by atoms with E-state index in [1.165, 1.54) is 12.1 Å². The lowest BCUT2D eigenvalue weighted by Crippen LogP contribution is -2.47. The van der Waals surface area contributed by atoms with Gasteiger partial charge in [-0.15, -0.1) is 0 Å². The predicted molar refractivity (Wildman–Crippen MR) is 115 cm³/mol. The average molecular weight is 433 g/mol. The van der Waals surface area contributed by atoms with Gasteiger partial charge in [0.15, 0.2) is 0 Å². The molecule has 0 fully saturated rings. The van der Waals surface area contributed by atoms with Crippen molar-refractivity contribution < 1.29 is 14.4 Å². The first kappa shape index (κ1) is 21.3. The lowest BCUT2D eigenvalue weighted by Gasteiger charge is -2.25. The fraction of sp³-hybridized carbons (Fsp3) is 0.318. The van der Waals surface area contributed by atoms with E-state index in [1.54, 1.807) is 0 Å². The van der Waals surface area contributed by atoms with Gasteiger partial charge in [-0.05, 0) is 49.6 Å². The highest BCUT2D eigenvalue weighted by atomic mass is 35.5. The Morgan fingerprint density at radius 2 is 1.62 bits per heavy atom. The lowest BCUT2D eigenvalue weighted by molar-refractivity contribution is -0.120. The van der Waals surface area contributed by atoms with Crippen LogP contribution < -0.4 is 5.32 Å². The molecule has 7 heteroatoms. The van der Waals surface area contributed by atoms with Crippen LogP contribution in [-0.4, -0.2) is 28.7 Å². The number of halogens is 2. The number of carbonyl (C=O) groups is 3. The van der Waals surface area contributed by atoms with Gasteiger partial charge in [0.05, 0.1) is 21.2 Å². The molecule has 0 spiro atoms. The van der Waals surface area contributed by atoms with Gasteiger partial charge in [0.1, 0.15) is 6.04 Å². The Hall–Kier alpha value is -2.37. The van der Waals surface area contributed by atoms with E-state index in [0.29, 0.717) is 18.5 Å². The molecule has 0 radical (unpaired) electrons. The molecule has 0 bridgehead atoms. The Bertz CT molecular complexity index is 963. The molecule has 0 unspecified atom stereocenters. The third kappa shape index (κ3) is 4.16. The molecule has 3 rings (SSSR count). The molecular formula is C22H22Cl2N2O3. The van der Waals surface area contributed by atoms with E-state index < -0.39 is 17.9 Å². The van der Waals surface area contributed by atoms with Crippen molar-refractivity contribution in [3.8, 4) is 0 Å². The third-order valence-electron chi connectivity index (χ3n) is 5.06. The van der Waals surface area contributed by atoms with E-state index in [2.05, 4.69) is 5.32 Å². The number of carbonyl (C=O) groups excluding carboxylic acids is 3. The second-order valence-corrected chi connectivity index (χ2v) is 8.07. The fourth-order valence-electron chi connectivity index (χ4n) is 3.40. The summed E-state index contributed by atoms with van der Waals surface area (Å²) in [5.41, 5.74) is 2.91. The summed E-state index contributed by atoms with van der Waals surface area (Å²) in [6.45, 7) is 5.81. The van der Waals surface area contributed by atoms with Crippen molar-refractivity contribution in [3.05, 3.63) is 62.6 Å². The first-order chi connectivity index (χ1) is 13.7. The van der Waals surface area contributed by atoms with Gasteiger partial charge in [-0.3, -0.25) is 19.3 Å². The Balaban J connectivity index is 1.94.